The molecule has 0 spiro atoms. The number of carbonyl (C=O) groups is 2. The SMILES string of the molecule is CC[C@H]1OC(=O)[C@H](C)[C@@H](O[C@H]2C[C@@](C)(OC)[C@@H](O)[C@H](C)O2)[C@H](C)[C@@H](O[C@@H]2O[C@H](C)C[C@H](NC)[C@H]2OCCCCO)[C@@](C)(OC)C[C@@H](C)C(=O)[C@H](C)[C@@H](O)[C@]1(C)O. The lowest BCUT2D eigenvalue weighted by Crippen LogP contribution is -2.61. The summed E-state index contributed by atoms with van der Waals surface area (Å²) in [5, 5.41) is 47.0. The molecule has 0 aliphatic carbocycles. The lowest BCUT2D eigenvalue weighted by molar-refractivity contribution is -0.320. The first kappa shape index (κ1) is 49.0. The molecule has 3 saturated heterocycles. The highest BCUT2D eigenvalue weighted by molar-refractivity contribution is 5.83. The number of hydrogen-bond donors (Lipinski definition) is 5. The molecule has 3 aliphatic rings. The third-order valence-electron chi connectivity index (χ3n) is 12.8. The van der Waals surface area contributed by atoms with Crippen LogP contribution in [0.2, 0.25) is 0 Å². The number of aliphatic hydroxyl groups excluding tert-OH is 3. The van der Waals surface area contributed by atoms with Gasteiger partial charge in [0, 0.05) is 57.6 Å². The van der Waals surface area contributed by atoms with Gasteiger partial charge in [0.05, 0.1) is 47.6 Å². The van der Waals surface area contributed by atoms with Gasteiger partial charge >= 0.3 is 5.97 Å². The van der Waals surface area contributed by atoms with E-state index >= 15 is 0 Å². The minimum atomic E-state index is -1.97. The van der Waals surface area contributed by atoms with Gasteiger partial charge in [-0.2, -0.15) is 0 Å². The van der Waals surface area contributed by atoms with Gasteiger partial charge in [0.25, 0.3) is 0 Å². The Balaban J connectivity index is 2.23. The molecule has 0 unspecified atom stereocenters. The van der Waals surface area contributed by atoms with Gasteiger partial charge in [-0.15, -0.1) is 0 Å². The second-order valence-corrected chi connectivity index (χ2v) is 17.3. The molecule has 15 nitrogen and oxygen atoms in total. The van der Waals surface area contributed by atoms with E-state index in [2.05, 4.69) is 5.32 Å². The Kier molecular flexibility index (Phi) is 18.2. The van der Waals surface area contributed by atoms with E-state index in [-0.39, 0.29) is 43.8 Å². The van der Waals surface area contributed by atoms with E-state index in [1.807, 2.05) is 27.8 Å². The number of hydrogen-bond acceptors (Lipinski definition) is 15. The van der Waals surface area contributed by atoms with Crippen molar-refractivity contribution in [2.24, 2.45) is 23.7 Å². The summed E-state index contributed by atoms with van der Waals surface area (Å²) < 4.78 is 51.1. The fourth-order valence-corrected chi connectivity index (χ4v) is 8.99. The molecule has 18 atom stereocenters. The summed E-state index contributed by atoms with van der Waals surface area (Å²) in [6, 6.07) is -0.154. The van der Waals surface area contributed by atoms with Crippen molar-refractivity contribution in [1.82, 2.24) is 5.32 Å². The van der Waals surface area contributed by atoms with Gasteiger partial charge in [-0.1, -0.05) is 27.7 Å². The zero-order valence-electron chi connectivity index (χ0n) is 36.2. The van der Waals surface area contributed by atoms with Crippen molar-refractivity contribution in [3.05, 3.63) is 0 Å². The first-order chi connectivity index (χ1) is 26.2. The number of unbranched alkanes of at least 4 members (excludes halogenated alkanes) is 1. The van der Waals surface area contributed by atoms with Crippen LogP contribution in [0.1, 0.15) is 108 Å². The maximum atomic E-state index is 14.3. The van der Waals surface area contributed by atoms with Crippen LogP contribution in [-0.4, -0.2) is 151 Å². The zero-order chi connectivity index (χ0) is 42.3. The normalized spacial score (nSPS) is 46.3. The van der Waals surface area contributed by atoms with E-state index in [4.69, 9.17) is 37.9 Å². The van der Waals surface area contributed by atoms with Crippen molar-refractivity contribution >= 4 is 11.8 Å². The van der Waals surface area contributed by atoms with Gasteiger partial charge in [-0.25, -0.2) is 0 Å². The standard InChI is InChI=1S/C41H75NO14/c1-14-29-41(10,48)34(45)24(4)31(44)22(2)20-40(9,50-13)36(56-38-33(51-18-16-15-17-43)28(42-11)19-23(3)52-38)25(5)32(26(6)37(47)54-29)55-30-21-39(8,49-12)35(46)27(7)53-30/h22-30,32-36,38,42-43,45-46,48H,14-21H2,1-13H3/t22-,23-,24+,25+,26-,27+,28+,29-,30+,32+,33-,34-,35+,36-,38+,39-,40+,41-/m1/s1. The number of ether oxygens (including phenoxy) is 8. The number of ketones is 1. The van der Waals surface area contributed by atoms with Crippen molar-refractivity contribution in [1.29, 1.82) is 0 Å². The smallest absolute Gasteiger partial charge is 0.311 e. The fraction of sp³-hybridized carbons (Fsp3) is 0.951. The molecule has 0 radical (unpaired) electrons. The van der Waals surface area contributed by atoms with Crippen LogP contribution in [0.25, 0.3) is 0 Å². The van der Waals surface area contributed by atoms with Gasteiger partial charge in [0.15, 0.2) is 12.6 Å². The first-order valence-corrected chi connectivity index (χ1v) is 20.6. The second kappa shape index (κ2) is 20.8. The van der Waals surface area contributed by atoms with Crippen molar-refractivity contribution in [2.45, 2.75) is 192 Å². The maximum absolute atomic E-state index is 14.3. The van der Waals surface area contributed by atoms with E-state index in [1.165, 1.54) is 21.1 Å². The number of carbonyl (C=O) groups excluding carboxylic acids is 2. The third kappa shape index (κ3) is 11.1. The molecule has 3 aliphatic heterocycles. The molecule has 0 aromatic heterocycles. The minimum Gasteiger partial charge on any atom is -0.459 e. The Hall–Kier alpha value is -1.34. The van der Waals surface area contributed by atoms with Gasteiger partial charge in [-0.3, -0.25) is 9.59 Å². The highest BCUT2D eigenvalue weighted by Crippen LogP contribution is 2.42. The van der Waals surface area contributed by atoms with Crippen LogP contribution in [0.4, 0.5) is 0 Å². The summed E-state index contributed by atoms with van der Waals surface area (Å²) in [4.78, 5) is 28.4. The molecular formula is C41H75NO14. The first-order valence-electron chi connectivity index (χ1n) is 20.6. The molecular weight excluding hydrogens is 730 g/mol. The highest BCUT2D eigenvalue weighted by Gasteiger charge is 2.54. The van der Waals surface area contributed by atoms with Gasteiger partial charge < -0.3 is 63.6 Å². The molecule has 0 aromatic rings. The van der Waals surface area contributed by atoms with E-state index in [0.29, 0.717) is 25.9 Å². The van der Waals surface area contributed by atoms with Crippen molar-refractivity contribution < 1.29 is 67.9 Å². The summed E-state index contributed by atoms with van der Waals surface area (Å²) >= 11 is 0. The number of aliphatic hydroxyl groups is 4. The van der Waals surface area contributed by atoms with Crippen molar-refractivity contribution in [3.8, 4) is 0 Å². The monoisotopic (exact) mass is 806 g/mol. The lowest BCUT2D eigenvalue weighted by Gasteiger charge is -2.50. The topological polar surface area (TPSA) is 201 Å². The Morgan fingerprint density at radius 1 is 0.857 bits per heavy atom. The number of rotatable bonds is 13. The molecule has 328 valence electrons. The molecule has 3 heterocycles. The van der Waals surface area contributed by atoms with Gasteiger partial charge in [-0.05, 0) is 80.7 Å². The summed E-state index contributed by atoms with van der Waals surface area (Å²) in [5.41, 5.74) is -4.23. The predicted molar refractivity (Wildman–Crippen MR) is 206 cm³/mol. The average Bonchev–Trinajstić information content (AvgIpc) is 3.16. The van der Waals surface area contributed by atoms with E-state index in [0.717, 1.165) is 0 Å². The Morgan fingerprint density at radius 3 is 2.07 bits per heavy atom. The molecule has 0 saturated carbocycles. The summed E-state index contributed by atoms with van der Waals surface area (Å²) in [6.07, 6.45) is -6.69. The van der Waals surface area contributed by atoms with Crippen LogP contribution in [0.5, 0.6) is 0 Å². The highest BCUT2D eigenvalue weighted by atomic mass is 16.7. The minimum absolute atomic E-state index is 0.0415. The van der Waals surface area contributed by atoms with Crippen molar-refractivity contribution in [2.75, 3.05) is 34.5 Å². The van der Waals surface area contributed by atoms with Crippen LogP contribution in [0.15, 0.2) is 0 Å². The van der Waals surface area contributed by atoms with E-state index in [9.17, 15) is 30.0 Å². The van der Waals surface area contributed by atoms with Crippen LogP contribution < -0.4 is 5.32 Å². The van der Waals surface area contributed by atoms with Gasteiger partial charge in [0.2, 0.25) is 0 Å². The quantitative estimate of drug-likeness (QED) is 0.134. The molecule has 3 fully saturated rings. The van der Waals surface area contributed by atoms with E-state index < -0.39 is 102 Å². The second-order valence-electron chi connectivity index (χ2n) is 17.3. The average molecular weight is 806 g/mol. The zero-order valence-corrected chi connectivity index (χ0v) is 36.2. The molecule has 0 bridgehead atoms. The number of Topliss-reactive ketones (excluding diaryl/α,β-unsaturated/α-hetero) is 1. The maximum Gasteiger partial charge on any atom is 0.311 e. The third-order valence-corrected chi connectivity index (χ3v) is 12.8. The molecule has 56 heavy (non-hydrogen) atoms. The number of methoxy groups -OCH3 is 2. The molecule has 3 rings (SSSR count). The molecule has 5 N–H and O–H groups in total. The van der Waals surface area contributed by atoms with Crippen LogP contribution in [0.3, 0.4) is 0 Å². The van der Waals surface area contributed by atoms with Crippen LogP contribution in [0, 0.1) is 23.7 Å². The van der Waals surface area contributed by atoms with Gasteiger partial charge in [0.1, 0.15) is 29.7 Å². The molecule has 0 aromatic carbocycles. The molecule has 15 heteroatoms. The largest absolute Gasteiger partial charge is 0.459 e. The summed E-state index contributed by atoms with van der Waals surface area (Å²) in [5.74, 6) is -4.41. The Labute approximate surface area is 334 Å². The van der Waals surface area contributed by atoms with Crippen LogP contribution in [-0.2, 0) is 47.5 Å². The Morgan fingerprint density at radius 2 is 1.50 bits per heavy atom. The molecule has 0 amide bonds. The Bertz CT molecular complexity index is 1240. The van der Waals surface area contributed by atoms with E-state index in [1.54, 1.807) is 41.5 Å². The van der Waals surface area contributed by atoms with Crippen molar-refractivity contribution in [3.63, 3.8) is 0 Å². The number of cyclic esters (lactones) is 1. The van der Waals surface area contributed by atoms with Crippen LogP contribution >= 0.6 is 0 Å². The number of likely N-dealkylation sites (N-methyl/N-ethyl adjacent to an activating group) is 1. The fourth-order valence-electron chi connectivity index (χ4n) is 8.99. The summed E-state index contributed by atoms with van der Waals surface area (Å²) in [6.45, 7) is 17.7. The lowest BCUT2D eigenvalue weighted by atomic mass is 9.74. The summed E-state index contributed by atoms with van der Waals surface area (Å²) in [7, 11) is 4.90. The number of nitrogens with one attached hydrogen (secondary N) is 1. The number of esters is 1. The predicted octanol–water partition coefficient (Wildman–Crippen LogP) is 2.89.